The number of nitrogens with one attached hydrogen (secondary N) is 2. The van der Waals surface area contributed by atoms with Crippen molar-refractivity contribution in [1.29, 1.82) is 0 Å². The Morgan fingerprint density at radius 2 is 1.64 bits per heavy atom. The molecule has 1 aliphatic heterocycles. The number of amides is 1. The third-order valence-electron chi connectivity index (χ3n) is 4.17. The van der Waals surface area contributed by atoms with Crippen molar-refractivity contribution in [2.75, 3.05) is 17.4 Å². The Bertz CT molecular complexity index is 764. The number of fused-ring (bicyclic) bond motifs is 1. The molecule has 0 aliphatic carbocycles. The summed E-state index contributed by atoms with van der Waals surface area (Å²) in [7, 11) is 0. The van der Waals surface area contributed by atoms with Gasteiger partial charge in [-0.1, -0.05) is 32.9 Å². The summed E-state index contributed by atoms with van der Waals surface area (Å²) in [5.41, 5.74) is 2.98. The molecule has 3 rings (SSSR count). The van der Waals surface area contributed by atoms with E-state index in [1.54, 1.807) is 18.2 Å². The van der Waals surface area contributed by atoms with E-state index in [4.69, 9.17) is 9.47 Å². The van der Waals surface area contributed by atoms with Gasteiger partial charge in [-0.15, -0.1) is 0 Å². The van der Waals surface area contributed by atoms with Crippen LogP contribution in [0.5, 0.6) is 11.5 Å². The monoisotopic (exact) mass is 340 g/mol. The van der Waals surface area contributed by atoms with E-state index in [9.17, 15) is 4.79 Å². The molecule has 1 amide bonds. The van der Waals surface area contributed by atoms with Crippen LogP contribution >= 0.6 is 0 Å². The number of benzene rings is 2. The van der Waals surface area contributed by atoms with Crippen molar-refractivity contribution < 1.29 is 14.3 Å². The van der Waals surface area contributed by atoms with Crippen molar-refractivity contribution >= 4 is 17.3 Å². The lowest BCUT2D eigenvalue weighted by atomic mass is 9.87. The molecule has 0 radical (unpaired) electrons. The van der Waals surface area contributed by atoms with E-state index in [1.807, 2.05) is 19.1 Å². The van der Waals surface area contributed by atoms with Crippen LogP contribution in [-0.2, 0) is 10.2 Å². The highest BCUT2D eigenvalue weighted by Gasteiger charge is 2.17. The Morgan fingerprint density at radius 1 is 1.00 bits per heavy atom. The van der Waals surface area contributed by atoms with Gasteiger partial charge in [-0.3, -0.25) is 4.79 Å². The topological polar surface area (TPSA) is 59.6 Å². The lowest BCUT2D eigenvalue weighted by Gasteiger charge is -2.20. The van der Waals surface area contributed by atoms with Crippen LogP contribution in [0.2, 0.25) is 0 Å². The Labute approximate surface area is 148 Å². The van der Waals surface area contributed by atoms with Crippen molar-refractivity contribution in [3.05, 3.63) is 48.0 Å². The summed E-state index contributed by atoms with van der Waals surface area (Å²) >= 11 is 0. The molecule has 25 heavy (non-hydrogen) atoms. The maximum atomic E-state index is 12.4. The van der Waals surface area contributed by atoms with Crippen LogP contribution in [-0.4, -0.2) is 18.7 Å². The zero-order valence-electron chi connectivity index (χ0n) is 15.1. The molecule has 0 saturated carbocycles. The second-order valence-corrected chi connectivity index (χ2v) is 7.25. The third-order valence-corrected chi connectivity index (χ3v) is 4.17. The first-order chi connectivity index (χ1) is 11.8. The first-order valence-electron chi connectivity index (χ1n) is 8.40. The van der Waals surface area contributed by atoms with Crippen molar-refractivity contribution in [2.24, 2.45) is 0 Å². The predicted octanol–water partition coefficient (Wildman–Crippen LogP) is 4.15. The number of ether oxygens (including phenoxy) is 2. The van der Waals surface area contributed by atoms with Gasteiger partial charge in [-0.2, -0.15) is 0 Å². The number of anilines is 2. The minimum Gasteiger partial charge on any atom is -0.454 e. The van der Waals surface area contributed by atoms with Crippen LogP contribution in [0.25, 0.3) is 0 Å². The molecule has 1 heterocycles. The zero-order chi connectivity index (χ0) is 18.0. The highest BCUT2D eigenvalue weighted by Crippen LogP contribution is 2.34. The second-order valence-electron chi connectivity index (χ2n) is 7.25. The average Bonchev–Trinajstić information content (AvgIpc) is 3.02. The summed E-state index contributed by atoms with van der Waals surface area (Å²) in [6.07, 6.45) is 0. The van der Waals surface area contributed by atoms with Crippen LogP contribution in [0.15, 0.2) is 42.5 Å². The maximum Gasteiger partial charge on any atom is 0.246 e. The molecule has 1 aliphatic rings. The molecule has 2 aromatic rings. The van der Waals surface area contributed by atoms with Crippen LogP contribution in [0.4, 0.5) is 11.4 Å². The van der Waals surface area contributed by atoms with E-state index in [2.05, 4.69) is 43.5 Å². The molecule has 0 saturated heterocycles. The Kier molecular flexibility index (Phi) is 4.57. The fraction of sp³-hybridized carbons (Fsp3) is 0.350. The lowest BCUT2D eigenvalue weighted by Crippen LogP contribution is -2.31. The van der Waals surface area contributed by atoms with E-state index in [1.165, 1.54) is 5.56 Å². The predicted molar refractivity (Wildman–Crippen MR) is 99.4 cm³/mol. The standard InChI is InChI=1S/C20H24N2O3/c1-13(21-15-7-5-14(6-8-15)20(2,3)4)19(23)22-16-9-10-17-18(11-16)25-12-24-17/h5-11,13,21H,12H2,1-4H3,(H,22,23)/t13-/m1/s1. The third kappa shape index (κ3) is 4.05. The molecule has 0 aromatic heterocycles. The van der Waals surface area contributed by atoms with E-state index >= 15 is 0 Å². The SMILES string of the molecule is C[C@@H](Nc1ccc(C(C)(C)C)cc1)C(=O)Nc1ccc2c(c1)OCO2. The highest BCUT2D eigenvalue weighted by molar-refractivity contribution is 5.96. The van der Waals surface area contributed by atoms with Crippen LogP contribution in [0.3, 0.4) is 0 Å². The number of rotatable bonds is 4. The molecule has 2 N–H and O–H groups in total. The van der Waals surface area contributed by atoms with Gasteiger partial charge < -0.3 is 20.1 Å². The summed E-state index contributed by atoms with van der Waals surface area (Å²) in [6, 6.07) is 13.2. The molecule has 0 unspecified atom stereocenters. The van der Waals surface area contributed by atoms with Crippen molar-refractivity contribution in [3.63, 3.8) is 0 Å². The van der Waals surface area contributed by atoms with E-state index < -0.39 is 0 Å². The zero-order valence-corrected chi connectivity index (χ0v) is 15.1. The largest absolute Gasteiger partial charge is 0.454 e. The molecule has 2 aromatic carbocycles. The summed E-state index contributed by atoms with van der Waals surface area (Å²) in [6.45, 7) is 8.58. The summed E-state index contributed by atoms with van der Waals surface area (Å²) < 4.78 is 10.6. The van der Waals surface area contributed by atoms with Gasteiger partial charge in [0, 0.05) is 17.4 Å². The minimum absolute atomic E-state index is 0.112. The van der Waals surface area contributed by atoms with Gasteiger partial charge in [0.15, 0.2) is 11.5 Å². The molecule has 132 valence electrons. The summed E-state index contributed by atoms with van der Waals surface area (Å²) in [4.78, 5) is 12.4. The minimum atomic E-state index is -0.370. The van der Waals surface area contributed by atoms with E-state index in [0.717, 1.165) is 5.69 Å². The number of hydrogen-bond acceptors (Lipinski definition) is 4. The molecule has 0 spiro atoms. The molecule has 1 atom stereocenters. The van der Waals surface area contributed by atoms with Gasteiger partial charge in [0.2, 0.25) is 12.7 Å². The fourth-order valence-corrected chi connectivity index (χ4v) is 2.61. The first kappa shape index (κ1) is 17.1. The molecular weight excluding hydrogens is 316 g/mol. The summed E-state index contributed by atoms with van der Waals surface area (Å²) in [5.74, 6) is 1.23. The molecule has 0 bridgehead atoms. The van der Waals surface area contributed by atoms with Crippen LogP contribution in [0, 0.1) is 0 Å². The number of carbonyl (C=O) groups is 1. The Balaban J connectivity index is 1.61. The highest BCUT2D eigenvalue weighted by atomic mass is 16.7. The lowest BCUT2D eigenvalue weighted by molar-refractivity contribution is -0.116. The first-order valence-corrected chi connectivity index (χ1v) is 8.40. The molecule has 0 fully saturated rings. The Morgan fingerprint density at radius 3 is 2.32 bits per heavy atom. The van der Waals surface area contributed by atoms with Crippen molar-refractivity contribution in [1.82, 2.24) is 0 Å². The van der Waals surface area contributed by atoms with Crippen molar-refractivity contribution in [3.8, 4) is 11.5 Å². The smallest absolute Gasteiger partial charge is 0.246 e. The molecule has 5 nitrogen and oxygen atoms in total. The van der Waals surface area contributed by atoms with Gasteiger partial charge in [-0.25, -0.2) is 0 Å². The van der Waals surface area contributed by atoms with E-state index in [0.29, 0.717) is 17.2 Å². The Hall–Kier alpha value is -2.69. The molecule has 5 heteroatoms. The van der Waals surface area contributed by atoms with Gasteiger partial charge in [0.05, 0.1) is 0 Å². The average molecular weight is 340 g/mol. The van der Waals surface area contributed by atoms with Gasteiger partial charge in [0.25, 0.3) is 0 Å². The molecular formula is C20H24N2O3. The number of carbonyl (C=O) groups excluding carboxylic acids is 1. The number of hydrogen-bond donors (Lipinski definition) is 2. The van der Waals surface area contributed by atoms with Crippen molar-refractivity contribution in [2.45, 2.75) is 39.2 Å². The van der Waals surface area contributed by atoms with Gasteiger partial charge in [-0.05, 0) is 42.2 Å². The van der Waals surface area contributed by atoms with Crippen LogP contribution in [0.1, 0.15) is 33.3 Å². The van der Waals surface area contributed by atoms with Gasteiger partial charge >= 0.3 is 0 Å². The normalized spacial score (nSPS) is 14.1. The van der Waals surface area contributed by atoms with Crippen LogP contribution < -0.4 is 20.1 Å². The maximum absolute atomic E-state index is 12.4. The van der Waals surface area contributed by atoms with Gasteiger partial charge in [0.1, 0.15) is 6.04 Å². The van der Waals surface area contributed by atoms with E-state index in [-0.39, 0.29) is 24.2 Å². The quantitative estimate of drug-likeness (QED) is 0.878. The summed E-state index contributed by atoms with van der Waals surface area (Å²) in [5, 5.41) is 6.12. The second kappa shape index (κ2) is 6.67. The fourth-order valence-electron chi connectivity index (χ4n) is 2.61.